The maximum absolute atomic E-state index is 11.1. The molecule has 0 spiro atoms. The number of amides is 2. The molecule has 0 fully saturated rings. The lowest BCUT2D eigenvalue weighted by Gasteiger charge is -2.13. The van der Waals surface area contributed by atoms with Crippen molar-refractivity contribution in [2.24, 2.45) is 9.98 Å². The van der Waals surface area contributed by atoms with E-state index in [-0.39, 0.29) is 27.2 Å². The second-order valence-corrected chi connectivity index (χ2v) is 3.88. The van der Waals surface area contributed by atoms with Gasteiger partial charge < -0.3 is 9.47 Å². The summed E-state index contributed by atoms with van der Waals surface area (Å²) in [6, 6.07) is 1.13. The van der Waals surface area contributed by atoms with Crippen molar-refractivity contribution in [2.75, 3.05) is 0 Å². The second-order valence-electron chi connectivity index (χ2n) is 3.50. The fourth-order valence-corrected chi connectivity index (χ4v) is 1.80. The highest BCUT2D eigenvalue weighted by atomic mass is 35.5. The Morgan fingerprint density at radius 1 is 0.947 bits per heavy atom. The molecule has 0 bridgehead atoms. The zero-order valence-corrected chi connectivity index (χ0v) is 9.56. The third kappa shape index (κ3) is 1.61. The Morgan fingerprint density at radius 3 is 2.32 bits per heavy atom. The third-order valence-corrected chi connectivity index (χ3v) is 2.67. The number of fused-ring (bicyclic) bond motifs is 2. The van der Waals surface area contributed by atoms with Gasteiger partial charge in [-0.2, -0.15) is 9.98 Å². The molecule has 1 aromatic carbocycles. The molecule has 2 amide bonds. The molecular weight excluding hydrogens is 280 g/mol. The fourth-order valence-electron chi connectivity index (χ4n) is 1.53. The van der Waals surface area contributed by atoms with Crippen molar-refractivity contribution in [3.63, 3.8) is 0 Å². The van der Waals surface area contributed by atoms with Gasteiger partial charge in [-0.05, 0) is 0 Å². The van der Waals surface area contributed by atoms with Gasteiger partial charge in [0.05, 0.1) is 0 Å². The minimum atomic E-state index is -1.20. The maximum Gasteiger partial charge on any atom is 0.404 e. The van der Waals surface area contributed by atoms with Gasteiger partial charge in [-0.15, -0.1) is 0 Å². The van der Waals surface area contributed by atoms with Crippen LogP contribution in [0.1, 0.15) is 0 Å². The molecule has 94 valence electrons. The summed E-state index contributed by atoms with van der Waals surface area (Å²) in [4.78, 5) is 51.2. The summed E-state index contributed by atoms with van der Waals surface area (Å²) in [6.45, 7) is 0. The molecule has 19 heavy (non-hydrogen) atoms. The van der Waals surface area contributed by atoms with Crippen molar-refractivity contribution in [1.82, 2.24) is 0 Å². The first kappa shape index (κ1) is 11.5. The number of rotatable bonds is 0. The minimum Gasteiger partial charge on any atom is -0.417 e. The van der Waals surface area contributed by atoms with Gasteiger partial charge in [-0.25, -0.2) is 9.59 Å². The van der Waals surface area contributed by atoms with E-state index in [4.69, 9.17) is 11.6 Å². The Kier molecular flexibility index (Phi) is 2.23. The number of carbonyl (C=O) groups is 4. The van der Waals surface area contributed by atoms with Crippen LogP contribution >= 0.6 is 11.6 Å². The van der Waals surface area contributed by atoms with Crippen molar-refractivity contribution in [2.45, 2.75) is 0 Å². The Bertz CT molecular complexity index is 812. The Hall–Kier alpha value is -2.61. The summed E-state index contributed by atoms with van der Waals surface area (Å²) < 4.78 is 9.35. The highest BCUT2D eigenvalue weighted by Gasteiger charge is 2.29. The van der Waals surface area contributed by atoms with Gasteiger partial charge in [0.25, 0.3) is 0 Å². The number of hydrogen-bond acceptors (Lipinski definition) is 6. The summed E-state index contributed by atoms with van der Waals surface area (Å²) in [6.07, 6.45) is 0. The SMILES string of the molecule is O=C1N=c2cc3c(c(Cl)c2OC1=O)=NC(=O)C(=O)O3. The summed E-state index contributed by atoms with van der Waals surface area (Å²) in [5.41, 5.74) is 0. The van der Waals surface area contributed by atoms with Gasteiger partial charge in [-0.3, -0.25) is 9.59 Å². The first-order valence-electron chi connectivity index (χ1n) is 4.79. The molecule has 0 atom stereocenters. The molecule has 0 aliphatic carbocycles. The monoisotopic (exact) mass is 280 g/mol. The molecule has 2 aliphatic heterocycles. The summed E-state index contributed by atoms with van der Waals surface area (Å²) in [5, 5.41) is -0.467. The van der Waals surface area contributed by atoms with Crippen molar-refractivity contribution >= 4 is 35.4 Å². The van der Waals surface area contributed by atoms with E-state index in [9.17, 15) is 19.2 Å². The molecule has 8 nitrogen and oxygen atoms in total. The molecule has 0 aromatic heterocycles. The summed E-state index contributed by atoms with van der Waals surface area (Å²) in [5.74, 6) is -4.97. The van der Waals surface area contributed by atoms with E-state index in [1.54, 1.807) is 0 Å². The largest absolute Gasteiger partial charge is 0.417 e. The van der Waals surface area contributed by atoms with E-state index < -0.39 is 23.8 Å². The average molecular weight is 281 g/mol. The van der Waals surface area contributed by atoms with Gasteiger partial charge in [0, 0.05) is 6.07 Å². The predicted molar refractivity (Wildman–Crippen MR) is 55.0 cm³/mol. The molecule has 0 N–H and O–H groups in total. The predicted octanol–water partition coefficient (Wildman–Crippen LogP) is -1.53. The number of ether oxygens (including phenoxy) is 2. The van der Waals surface area contributed by atoms with E-state index in [2.05, 4.69) is 19.5 Å². The highest BCUT2D eigenvalue weighted by Crippen LogP contribution is 2.22. The van der Waals surface area contributed by atoms with Crippen molar-refractivity contribution < 1.29 is 28.7 Å². The Morgan fingerprint density at radius 2 is 1.58 bits per heavy atom. The lowest BCUT2D eigenvalue weighted by molar-refractivity contribution is -0.147. The van der Waals surface area contributed by atoms with Crippen LogP contribution in [0.25, 0.3) is 0 Å². The van der Waals surface area contributed by atoms with Crippen LogP contribution in [0.4, 0.5) is 0 Å². The maximum atomic E-state index is 11.1. The van der Waals surface area contributed by atoms with Crippen molar-refractivity contribution in [3.8, 4) is 11.5 Å². The number of halogens is 1. The van der Waals surface area contributed by atoms with E-state index in [0.717, 1.165) is 6.07 Å². The third-order valence-electron chi connectivity index (χ3n) is 2.32. The number of hydrogen-bond donors (Lipinski definition) is 0. The minimum absolute atomic E-state index is 0.0781. The highest BCUT2D eigenvalue weighted by molar-refractivity contribution is 6.37. The van der Waals surface area contributed by atoms with Gasteiger partial charge >= 0.3 is 23.8 Å². The van der Waals surface area contributed by atoms with Gasteiger partial charge in [0.15, 0.2) is 11.5 Å². The first-order chi connectivity index (χ1) is 8.97. The smallest absolute Gasteiger partial charge is 0.404 e. The topological polar surface area (TPSA) is 111 Å². The average Bonchev–Trinajstić information content (AvgIpc) is 2.35. The Labute approximate surface area is 108 Å². The number of esters is 2. The standard InChI is InChI=1S/C10HClN2O6/c11-4-5-3(18-9(16)8(15)13-5)1-2-6(4)19-10(17)7(14)12-2/h1H. The van der Waals surface area contributed by atoms with E-state index in [0.29, 0.717) is 0 Å². The quantitative estimate of drug-likeness (QED) is 0.324. The van der Waals surface area contributed by atoms with Crippen molar-refractivity contribution in [1.29, 1.82) is 0 Å². The molecule has 1 aromatic rings. The van der Waals surface area contributed by atoms with Crippen LogP contribution in [0.2, 0.25) is 5.02 Å². The van der Waals surface area contributed by atoms with Crippen LogP contribution in [0, 0.1) is 0 Å². The number of benzene rings is 1. The molecule has 3 rings (SSSR count). The van der Waals surface area contributed by atoms with Crippen LogP contribution in [-0.4, -0.2) is 23.8 Å². The van der Waals surface area contributed by atoms with E-state index >= 15 is 0 Å². The molecule has 0 saturated carbocycles. The van der Waals surface area contributed by atoms with Crippen LogP contribution in [0.5, 0.6) is 11.5 Å². The van der Waals surface area contributed by atoms with Crippen LogP contribution < -0.4 is 20.2 Å². The number of nitrogens with zero attached hydrogens (tertiary/aromatic N) is 2. The van der Waals surface area contributed by atoms with Crippen molar-refractivity contribution in [3.05, 3.63) is 21.8 Å². The van der Waals surface area contributed by atoms with Crippen LogP contribution in [0.15, 0.2) is 16.1 Å². The molecule has 9 heteroatoms. The van der Waals surface area contributed by atoms with Crippen LogP contribution in [-0.2, 0) is 19.2 Å². The molecule has 0 unspecified atom stereocenters. The molecular formula is C10HClN2O6. The molecule has 2 heterocycles. The first-order valence-corrected chi connectivity index (χ1v) is 5.17. The second kappa shape index (κ2) is 3.69. The van der Waals surface area contributed by atoms with Crippen LogP contribution in [0.3, 0.4) is 0 Å². The normalized spacial score (nSPS) is 16.7. The zero-order chi connectivity index (χ0) is 13.7. The van der Waals surface area contributed by atoms with E-state index in [1.807, 2.05) is 0 Å². The van der Waals surface area contributed by atoms with Gasteiger partial charge in [-0.1, -0.05) is 11.6 Å². The molecule has 0 saturated heterocycles. The summed E-state index contributed by atoms with van der Waals surface area (Å²) >= 11 is 5.88. The van der Waals surface area contributed by atoms with Gasteiger partial charge in [0.1, 0.15) is 15.7 Å². The lowest BCUT2D eigenvalue weighted by Crippen LogP contribution is -2.35. The molecule has 2 aliphatic rings. The number of carbonyl (C=O) groups excluding carboxylic acids is 4. The summed E-state index contributed by atoms with van der Waals surface area (Å²) in [7, 11) is 0. The molecule has 0 radical (unpaired) electrons. The lowest BCUT2D eigenvalue weighted by atomic mass is 10.2. The van der Waals surface area contributed by atoms with E-state index in [1.165, 1.54) is 0 Å². The zero-order valence-electron chi connectivity index (χ0n) is 8.80. The Balaban J connectivity index is 2.38. The fraction of sp³-hybridized carbons (Fsp3) is 0. The van der Waals surface area contributed by atoms with Gasteiger partial charge in [0.2, 0.25) is 0 Å².